The Labute approximate surface area is 202 Å². The van der Waals surface area contributed by atoms with Gasteiger partial charge in [0.25, 0.3) is 0 Å². The fourth-order valence-electron chi connectivity index (χ4n) is 9.30. The maximum absolute atomic E-state index is 14.8. The first kappa shape index (κ1) is 23.9. The van der Waals surface area contributed by atoms with Crippen LogP contribution in [0.4, 0.5) is 4.39 Å². The van der Waals surface area contributed by atoms with Gasteiger partial charge in [-0.1, -0.05) is 40.2 Å². The third kappa shape index (κ3) is 2.97. The van der Waals surface area contributed by atoms with E-state index < -0.39 is 22.4 Å². The number of carbonyl (C=O) groups excluding carboxylic acids is 3. The molecule has 3 fully saturated rings. The number of methoxy groups -OCH3 is 1. The lowest BCUT2D eigenvalue weighted by molar-refractivity contribution is -0.177. The van der Waals surface area contributed by atoms with Crippen LogP contribution in [0.1, 0.15) is 79.6 Å². The number of ketones is 2. The Morgan fingerprint density at radius 1 is 1.00 bits per heavy atom. The lowest BCUT2D eigenvalue weighted by Gasteiger charge is -2.63. The van der Waals surface area contributed by atoms with Gasteiger partial charge in [0.05, 0.1) is 12.5 Å². The summed E-state index contributed by atoms with van der Waals surface area (Å²) in [6.45, 7) is 10.6. The predicted molar refractivity (Wildman–Crippen MR) is 127 cm³/mol. The zero-order valence-corrected chi connectivity index (χ0v) is 21.5. The zero-order valence-electron chi connectivity index (χ0n) is 21.5. The molecule has 0 heterocycles. The first-order valence-corrected chi connectivity index (χ1v) is 13.1. The van der Waals surface area contributed by atoms with E-state index in [-0.39, 0.29) is 52.2 Å². The van der Waals surface area contributed by atoms with E-state index in [1.54, 1.807) is 0 Å². The van der Waals surface area contributed by atoms with Crippen LogP contribution in [0.3, 0.4) is 0 Å². The number of hydrogen-bond donors (Lipinski definition) is 0. The highest BCUT2D eigenvalue weighted by Gasteiger charge is 2.66. The van der Waals surface area contributed by atoms with Gasteiger partial charge in [0.15, 0.2) is 17.4 Å². The topological polar surface area (TPSA) is 60.4 Å². The molecule has 0 amide bonds. The molecule has 0 aliphatic heterocycles. The Balaban J connectivity index is 1.63. The average Bonchev–Trinajstić information content (AvgIpc) is 2.77. The van der Waals surface area contributed by atoms with E-state index in [1.807, 2.05) is 19.9 Å². The minimum absolute atomic E-state index is 0.00883. The summed E-state index contributed by atoms with van der Waals surface area (Å²) in [5.74, 6) is -1.62. The molecule has 0 aromatic rings. The van der Waals surface area contributed by atoms with Crippen LogP contribution in [0.25, 0.3) is 0 Å². The molecular formula is C29H39FO4. The molecule has 4 nitrogen and oxygen atoms in total. The molecule has 5 aliphatic carbocycles. The summed E-state index contributed by atoms with van der Waals surface area (Å²) in [5.41, 5.74) is -0.373. The number of allylic oxidation sites excluding steroid dienone is 4. The molecule has 5 heteroatoms. The quantitative estimate of drug-likeness (QED) is 0.441. The van der Waals surface area contributed by atoms with E-state index in [0.29, 0.717) is 0 Å². The number of halogens is 1. The van der Waals surface area contributed by atoms with Crippen LogP contribution in [0.2, 0.25) is 0 Å². The van der Waals surface area contributed by atoms with Crippen molar-refractivity contribution in [3.63, 3.8) is 0 Å². The number of carbonyl (C=O) groups is 3. The van der Waals surface area contributed by atoms with Crippen molar-refractivity contribution in [2.75, 3.05) is 7.11 Å². The summed E-state index contributed by atoms with van der Waals surface area (Å²) in [6.07, 6.45) is 9.19. The van der Waals surface area contributed by atoms with Crippen LogP contribution < -0.4 is 0 Å². The third-order valence-electron chi connectivity index (χ3n) is 11.1. The van der Waals surface area contributed by atoms with E-state index in [2.05, 4.69) is 20.8 Å². The van der Waals surface area contributed by atoms with E-state index in [0.717, 1.165) is 50.5 Å². The standard InChI is InChI=1S/C29H39FO4/c1-16-17-7-9-27(4)18-8-10-29(25(33)34-6)12-11-26(2,3)14-19(29)23(18)21(31)13-22(27)28(17,5)15-20(30)24(16)32/h13,15-19,23H,7-12,14H2,1-6H3. The molecule has 34 heavy (non-hydrogen) atoms. The van der Waals surface area contributed by atoms with E-state index >= 15 is 0 Å². The highest BCUT2D eigenvalue weighted by atomic mass is 19.1. The molecule has 0 saturated heterocycles. The lowest BCUT2D eigenvalue weighted by Crippen LogP contribution is -2.61. The SMILES string of the molecule is COC(=O)C12CCC3C(C(=O)C=C4C5(C)C=C(F)C(=O)C(C)C5CCC43C)C1CC(C)(C)CC2. The number of ether oxygens (including phenoxy) is 1. The van der Waals surface area contributed by atoms with Crippen molar-refractivity contribution in [2.24, 2.45) is 51.2 Å². The van der Waals surface area contributed by atoms with Gasteiger partial charge in [-0.3, -0.25) is 14.4 Å². The second-order valence-corrected chi connectivity index (χ2v) is 13.2. The van der Waals surface area contributed by atoms with Crippen molar-refractivity contribution in [1.29, 1.82) is 0 Å². The average molecular weight is 471 g/mol. The molecule has 3 saturated carbocycles. The summed E-state index contributed by atoms with van der Waals surface area (Å²) < 4.78 is 20.1. The summed E-state index contributed by atoms with van der Waals surface area (Å²) >= 11 is 0. The molecule has 5 rings (SSSR count). The van der Waals surface area contributed by atoms with Crippen LogP contribution >= 0.6 is 0 Å². The monoisotopic (exact) mass is 470 g/mol. The van der Waals surface area contributed by atoms with Crippen molar-refractivity contribution < 1.29 is 23.5 Å². The second-order valence-electron chi connectivity index (χ2n) is 13.2. The van der Waals surface area contributed by atoms with Gasteiger partial charge in [-0.2, -0.15) is 0 Å². The van der Waals surface area contributed by atoms with Crippen LogP contribution in [-0.4, -0.2) is 24.6 Å². The molecule has 0 aromatic heterocycles. The van der Waals surface area contributed by atoms with Crippen LogP contribution in [0, 0.1) is 51.2 Å². The molecule has 0 N–H and O–H groups in total. The lowest BCUT2D eigenvalue weighted by atomic mass is 9.39. The Kier molecular flexibility index (Phi) is 5.19. The van der Waals surface area contributed by atoms with Gasteiger partial charge in [-0.05, 0) is 85.7 Å². The molecule has 0 bridgehead atoms. The maximum Gasteiger partial charge on any atom is 0.312 e. The Hall–Kier alpha value is -1.78. The van der Waals surface area contributed by atoms with Gasteiger partial charge >= 0.3 is 5.97 Å². The number of rotatable bonds is 1. The van der Waals surface area contributed by atoms with Crippen molar-refractivity contribution >= 4 is 17.5 Å². The first-order valence-electron chi connectivity index (χ1n) is 13.1. The highest BCUT2D eigenvalue weighted by molar-refractivity contribution is 5.98. The van der Waals surface area contributed by atoms with Gasteiger partial charge in [0, 0.05) is 17.3 Å². The normalized spacial score (nSPS) is 47.3. The van der Waals surface area contributed by atoms with Crippen molar-refractivity contribution in [3.8, 4) is 0 Å². The summed E-state index contributed by atoms with van der Waals surface area (Å²) in [5, 5.41) is 0. The minimum atomic E-state index is -0.659. The fraction of sp³-hybridized carbons (Fsp3) is 0.759. The van der Waals surface area contributed by atoms with Crippen molar-refractivity contribution in [2.45, 2.75) is 79.6 Å². The molecular weight excluding hydrogens is 431 g/mol. The van der Waals surface area contributed by atoms with Gasteiger partial charge in [-0.25, -0.2) is 4.39 Å². The summed E-state index contributed by atoms with van der Waals surface area (Å²) in [6, 6.07) is 0. The Morgan fingerprint density at radius 3 is 2.35 bits per heavy atom. The number of fused-ring (bicyclic) bond motifs is 7. The first-order chi connectivity index (χ1) is 15.8. The highest BCUT2D eigenvalue weighted by Crippen LogP contribution is 2.69. The van der Waals surface area contributed by atoms with E-state index in [1.165, 1.54) is 13.2 Å². The molecule has 8 atom stereocenters. The van der Waals surface area contributed by atoms with Crippen molar-refractivity contribution in [3.05, 3.63) is 23.6 Å². The summed E-state index contributed by atoms with van der Waals surface area (Å²) in [7, 11) is 1.47. The number of Topliss-reactive ketones (excluding diaryl/α,β-unsaturated/α-hetero) is 1. The molecule has 0 radical (unpaired) electrons. The van der Waals surface area contributed by atoms with Gasteiger partial charge in [-0.15, -0.1) is 0 Å². The molecule has 186 valence electrons. The van der Waals surface area contributed by atoms with Crippen LogP contribution in [0.5, 0.6) is 0 Å². The fourth-order valence-corrected chi connectivity index (χ4v) is 9.30. The van der Waals surface area contributed by atoms with Gasteiger partial charge in [0.2, 0.25) is 0 Å². The predicted octanol–water partition coefficient (Wildman–Crippen LogP) is 6.00. The number of hydrogen-bond acceptors (Lipinski definition) is 4. The van der Waals surface area contributed by atoms with E-state index in [9.17, 15) is 18.8 Å². The Bertz CT molecular complexity index is 1020. The largest absolute Gasteiger partial charge is 0.469 e. The molecule has 0 aromatic carbocycles. The number of esters is 1. The van der Waals surface area contributed by atoms with Crippen LogP contribution in [-0.2, 0) is 19.1 Å². The summed E-state index contributed by atoms with van der Waals surface area (Å²) in [4.78, 5) is 39.6. The van der Waals surface area contributed by atoms with Crippen LogP contribution in [0.15, 0.2) is 23.6 Å². The van der Waals surface area contributed by atoms with Gasteiger partial charge in [0.1, 0.15) is 0 Å². The minimum Gasteiger partial charge on any atom is -0.469 e. The maximum atomic E-state index is 14.8. The molecule has 5 aliphatic rings. The smallest absolute Gasteiger partial charge is 0.312 e. The van der Waals surface area contributed by atoms with E-state index in [4.69, 9.17) is 4.74 Å². The van der Waals surface area contributed by atoms with Gasteiger partial charge < -0.3 is 4.74 Å². The Morgan fingerprint density at radius 2 is 1.68 bits per heavy atom. The zero-order chi connectivity index (χ0) is 24.8. The second kappa shape index (κ2) is 7.36. The molecule has 0 spiro atoms. The van der Waals surface area contributed by atoms with Crippen molar-refractivity contribution in [1.82, 2.24) is 0 Å². The molecule has 8 unspecified atom stereocenters. The third-order valence-corrected chi connectivity index (χ3v) is 11.1.